The Morgan fingerprint density at radius 1 is 0.844 bits per heavy atom. The Hall–Kier alpha value is -3.39. The highest BCUT2D eigenvalue weighted by Gasteiger charge is 2.24. The van der Waals surface area contributed by atoms with Gasteiger partial charge in [-0.25, -0.2) is 12.8 Å². The highest BCUT2D eigenvalue weighted by molar-refractivity contribution is 7.92. The van der Waals surface area contributed by atoms with Gasteiger partial charge in [-0.15, -0.1) is 0 Å². The Morgan fingerprint density at radius 3 is 2.03 bits per heavy atom. The molecule has 0 bridgehead atoms. The highest BCUT2D eigenvalue weighted by Crippen LogP contribution is 2.23. The number of sulfonamides is 1. The van der Waals surface area contributed by atoms with Crippen molar-refractivity contribution in [3.8, 4) is 0 Å². The molecule has 166 valence electrons. The Morgan fingerprint density at radius 2 is 1.44 bits per heavy atom. The maximum atomic E-state index is 13.1. The number of halogens is 1. The smallest absolute Gasteiger partial charge is 0.264 e. The number of hydrogen-bond acceptors (Lipinski definition) is 4. The molecule has 0 aliphatic carbocycles. The van der Waals surface area contributed by atoms with Crippen molar-refractivity contribution in [2.24, 2.45) is 0 Å². The van der Waals surface area contributed by atoms with E-state index in [1.54, 1.807) is 53.4 Å². The summed E-state index contributed by atoms with van der Waals surface area (Å²) in [7, 11) is -2.22. The zero-order valence-corrected chi connectivity index (χ0v) is 18.5. The van der Waals surface area contributed by atoms with E-state index in [4.69, 9.17) is 0 Å². The van der Waals surface area contributed by atoms with Gasteiger partial charge in [-0.3, -0.25) is 9.10 Å². The molecule has 0 radical (unpaired) electrons. The predicted octanol–water partition coefficient (Wildman–Crippen LogP) is 3.61. The quantitative estimate of drug-likeness (QED) is 0.592. The second-order valence-electron chi connectivity index (χ2n) is 7.59. The number of hydrogen-bond donors (Lipinski definition) is 0. The van der Waals surface area contributed by atoms with E-state index in [0.29, 0.717) is 37.4 Å². The fraction of sp³-hybridized carbons (Fsp3) is 0.208. The van der Waals surface area contributed by atoms with Gasteiger partial charge in [0, 0.05) is 44.5 Å². The molecular weight excluding hydrogens is 429 g/mol. The van der Waals surface area contributed by atoms with Crippen LogP contribution in [0.3, 0.4) is 0 Å². The molecule has 32 heavy (non-hydrogen) atoms. The van der Waals surface area contributed by atoms with Gasteiger partial charge in [-0.05, 0) is 60.7 Å². The standard InChI is InChI=1S/C24H24FN3O3S/c1-26(21-5-3-2-4-6-21)32(30,31)23-13-7-19(8-14-23)24(29)28-17-15-27(16-18-28)22-11-9-20(25)10-12-22/h2-14H,15-18H2,1H3. The number of benzene rings is 3. The summed E-state index contributed by atoms with van der Waals surface area (Å²) in [6, 6.07) is 21.2. The van der Waals surface area contributed by atoms with Crippen LogP contribution in [0.25, 0.3) is 0 Å². The lowest BCUT2D eigenvalue weighted by Gasteiger charge is -2.36. The third-order valence-corrected chi connectivity index (χ3v) is 7.44. The van der Waals surface area contributed by atoms with E-state index in [1.807, 2.05) is 6.07 Å². The summed E-state index contributed by atoms with van der Waals surface area (Å²) in [6.07, 6.45) is 0. The maximum Gasteiger partial charge on any atom is 0.264 e. The Labute approximate surface area is 187 Å². The van der Waals surface area contributed by atoms with Crippen molar-refractivity contribution in [2.75, 3.05) is 42.4 Å². The minimum Gasteiger partial charge on any atom is -0.368 e. The van der Waals surface area contributed by atoms with Crippen LogP contribution in [0.1, 0.15) is 10.4 Å². The normalized spacial score (nSPS) is 14.3. The average molecular weight is 454 g/mol. The summed E-state index contributed by atoms with van der Waals surface area (Å²) in [6.45, 7) is 2.36. The molecule has 8 heteroatoms. The van der Waals surface area contributed by atoms with E-state index in [0.717, 1.165) is 5.69 Å². The number of rotatable bonds is 5. The fourth-order valence-electron chi connectivity index (χ4n) is 3.71. The van der Waals surface area contributed by atoms with Gasteiger partial charge in [0.05, 0.1) is 10.6 Å². The van der Waals surface area contributed by atoms with Gasteiger partial charge in [-0.1, -0.05) is 18.2 Å². The van der Waals surface area contributed by atoms with Gasteiger partial charge in [0.1, 0.15) is 5.82 Å². The van der Waals surface area contributed by atoms with Crippen molar-refractivity contribution >= 4 is 27.3 Å². The summed E-state index contributed by atoms with van der Waals surface area (Å²) >= 11 is 0. The molecule has 3 aromatic carbocycles. The number of amides is 1. The Bertz CT molecular complexity index is 1180. The molecule has 0 spiro atoms. The molecule has 1 aliphatic heterocycles. The highest BCUT2D eigenvalue weighted by atomic mass is 32.2. The molecule has 6 nitrogen and oxygen atoms in total. The summed E-state index contributed by atoms with van der Waals surface area (Å²) in [5, 5.41) is 0. The number of nitrogens with zero attached hydrogens (tertiary/aromatic N) is 3. The first-order chi connectivity index (χ1) is 15.4. The van der Waals surface area contributed by atoms with Crippen molar-refractivity contribution < 1.29 is 17.6 Å². The van der Waals surface area contributed by atoms with Crippen LogP contribution in [-0.2, 0) is 10.0 Å². The maximum absolute atomic E-state index is 13.1. The van der Waals surface area contributed by atoms with Crippen LogP contribution < -0.4 is 9.21 Å². The van der Waals surface area contributed by atoms with Crippen LogP contribution in [0.4, 0.5) is 15.8 Å². The number of para-hydroxylation sites is 1. The molecule has 0 aromatic heterocycles. The van der Waals surface area contributed by atoms with Crippen LogP contribution >= 0.6 is 0 Å². The molecular formula is C24H24FN3O3S. The van der Waals surface area contributed by atoms with Crippen molar-refractivity contribution in [1.82, 2.24) is 4.90 Å². The van der Waals surface area contributed by atoms with Crippen molar-refractivity contribution in [3.63, 3.8) is 0 Å². The van der Waals surface area contributed by atoms with Gasteiger partial charge in [0.15, 0.2) is 0 Å². The number of carbonyl (C=O) groups excluding carboxylic acids is 1. The van der Waals surface area contributed by atoms with Crippen LogP contribution in [0.2, 0.25) is 0 Å². The molecule has 1 fully saturated rings. The van der Waals surface area contributed by atoms with E-state index in [1.165, 1.54) is 35.6 Å². The summed E-state index contributed by atoms with van der Waals surface area (Å²) in [5.41, 5.74) is 1.93. The van der Waals surface area contributed by atoms with Gasteiger partial charge in [0.2, 0.25) is 0 Å². The molecule has 0 atom stereocenters. The fourth-order valence-corrected chi connectivity index (χ4v) is 4.90. The lowest BCUT2D eigenvalue weighted by Crippen LogP contribution is -2.48. The number of carbonyl (C=O) groups is 1. The molecule has 0 unspecified atom stereocenters. The lowest BCUT2D eigenvalue weighted by molar-refractivity contribution is 0.0746. The third-order valence-electron chi connectivity index (χ3n) is 5.64. The monoisotopic (exact) mass is 453 g/mol. The SMILES string of the molecule is CN(c1ccccc1)S(=O)(=O)c1ccc(C(=O)N2CCN(c3ccc(F)cc3)CC2)cc1. The van der Waals surface area contributed by atoms with Crippen LogP contribution in [0.15, 0.2) is 83.8 Å². The van der Waals surface area contributed by atoms with Gasteiger partial charge in [-0.2, -0.15) is 0 Å². The van der Waals surface area contributed by atoms with Crippen molar-refractivity contribution in [1.29, 1.82) is 0 Å². The van der Waals surface area contributed by atoms with Crippen molar-refractivity contribution in [3.05, 3.63) is 90.2 Å². The van der Waals surface area contributed by atoms with E-state index in [-0.39, 0.29) is 16.6 Å². The average Bonchev–Trinajstić information content (AvgIpc) is 2.84. The van der Waals surface area contributed by atoms with Crippen LogP contribution in [0.5, 0.6) is 0 Å². The molecule has 4 rings (SSSR count). The van der Waals surface area contributed by atoms with E-state index in [9.17, 15) is 17.6 Å². The first-order valence-electron chi connectivity index (χ1n) is 10.3. The predicted molar refractivity (Wildman–Crippen MR) is 123 cm³/mol. The minimum absolute atomic E-state index is 0.126. The minimum atomic E-state index is -3.73. The number of piperazine rings is 1. The van der Waals surface area contributed by atoms with E-state index < -0.39 is 10.0 Å². The first-order valence-corrected chi connectivity index (χ1v) is 11.7. The Balaban J connectivity index is 1.42. The topological polar surface area (TPSA) is 60.9 Å². The molecule has 1 heterocycles. The van der Waals surface area contributed by atoms with Gasteiger partial charge >= 0.3 is 0 Å². The summed E-state index contributed by atoms with van der Waals surface area (Å²) < 4.78 is 40.2. The molecule has 1 saturated heterocycles. The molecule has 0 N–H and O–H groups in total. The molecule has 3 aromatic rings. The van der Waals surface area contributed by atoms with Gasteiger partial charge < -0.3 is 9.80 Å². The molecule has 0 saturated carbocycles. The summed E-state index contributed by atoms with van der Waals surface area (Å²) in [4.78, 5) is 16.9. The zero-order chi connectivity index (χ0) is 22.7. The summed E-state index contributed by atoms with van der Waals surface area (Å²) in [5.74, 6) is -0.410. The van der Waals surface area contributed by atoms with Crippen LogP contribution in [0, 0.1) is 5.82 Å². The second-order valence-corrected chi connectivity index (χ2v) is 9.56. The van der Waals surface area contributed by atoms with Crippen molar-refractivity contribution in [2.45, 2.75) is 4.90 Å². The largest absolute Gasteiger partial charge is 0.368 e. The molecule has 1 amide bonds. The molecule has 1 aliphatic rings. The lowest BCUT2D eigenvalue weighted by atomic mass is 10.1. The third kappa shape index (κ3) is 4.45. The first kappa shape index (κ1) is 21.8. The Kier molecular flexibility index (Phi) is 6.14. The van der Waals surface area contributed by atoms with Crippen LogP contribution in [-0.4, -0.2) is 52.5 Å². The number of anilines is 2. The zero-order valence-electron chi connectivity index (χ0n) is 17.7. The second kappa shape index (κ2) is 9.00. The van der Waals surface area contributed by atoms with Gasteiger partial charge in [0.25, 0.3) is 15.9 Å². The van der Waals surface area contributed by atoms with E-state index >= 15 is 0 Å². The van der Waals surface area contributed by atoms with E-state index in [2.05, 4.69) is 4.90 Å².